The van der Waals surface area contributed by atoms with Crippen molar-refractivity contribution >= 4 is 24.8 Å². The highest BCUT2D eigenvalue weighted by Gasteiger charge is 2.50. The molecule has 2 saturated carbocycles. The first-order chi connectivity index (χ1) is 11.2. The van der Waals surface area contributed by atoms with Gasteiger partial charge in [-0.2, -0.15) is 0 Å². The molecule has 3 aliphatic rings. The lowest BCUT2D eigenvalue weighted by Gasteiger charge is -2.31. The molecule has 0 aromatic heterocycles. The van der Waals surface area contributed by atoms with Gasteiger partial charge in [0.15, 0.2) is 0 Å². The summed E-state index contributed by atoms with van der Waals surface area (Å²) >= 11 is 0. The van der Waals surface area contributed by atoms with E-state index in [1.807, 2.05) is 0 Å². The number of rotatable bonds is 7. The Bertz CT molecular complexity index is 410. The molecule has 0 amide bonds. The number of carbonyl (C=O) groups is 1. The van der Waals surface area contributed by atoms with E-state index in [9.17, 15) is 4.79 Å². The van der Waals surface area contributed by atoms with Crippen LogP contribution in [0.4, 0.5) is 0 Å². The van der Waals surface area contributed by atoms with Gasteiger partial charge in [-0.15, -0.1) is 0 Å². The van der Waals surface area contributed by atoms with Crippen molar-refractivity contribution < 1.29 is 20.0 Å². The molecule has 3 rings (SSSR count). The molecule has 1 aliphatic heterocycles. The van der Waals surface area contributed by atoms with Crippen molar-refractivity contribution in [3.63, 3.8) is 0 Å². The zero-order valence-corrected chi connectivity index (χ0v) is 15.2. The summed E-state index contributed by atoms with van der Waals surface area (Å²) in [5, 5.41) is 0. The summed E-state index contributed by atoms with van der Waals surface area (Å²) in [6.45, 7) is 0. The molecule has 128 valence electrons. The van der Waals surface area contributed by atoms with Crippen LogP contribution in [0.2, 0.25) is 0 Å². The van der Waals surface area contributed by atoms with Crippen LogP contribution < -0.4 is 0 Å². The van der Waals surface area contributed by atoms with Crippen molar-refractivity contribution in [3.05, 3.63) is 0 Å². The fourth-order valence-electron chi connectivity index (χ4n) is 4.77. The molecule has 22 heavy (non-hydrogen) atoms. The van der Waals surface area contributed by atoms with Crippen LogP contribution in [0.15, 0.2) is 0 Å². The van der Waals surface area contributed by atoms with Gasteiger partial charge in [0.05, 0.1) is 19.9 Å². The molecule has 4 nitrogen and oxygen atoms in total. The van der Waals surface area contributed by atoms with E-state index >= 15 is 0 Å². The topological polar surface area (TPSA) is 44.8 Å². The first kappa shape index (κ1) is 15.8. The largest absolute Gasteiger partial charge is 0.462 e. The Morgan fingerprint density at radius 3 is 2.95 bits per heavy atom. The lowest BCUT2D eigenvalue weighted by Crippen LogP contribution is -2.27. The zero-order chi connectivity index (χ0) is 16.2. The molecule has 6 heteroatoms. The summed E-state index contributed by atoms with van der Waals surface area (Å²) < 4.78 is 24.2. The van der Waals surface area contributed by atoms with Crippen LogP contribution in [-0.4, -0.2) is 25.6 Å². The zero-order valence-electron chi connectivity index (χ0n) is 14.0. The van der Waals surface area contributed by atoms with Gasteiger partial charge in [-0.3, -0.25) is 4.79 Å². The highest BCUT2D eigenvalue weighted by molar-refractivity contribution is 7.10. The van der Waals surface area contributed by atoms with Gasteiger partial charge < -0.3 is 13.8 Å². The van der Waals surface area contributed by atoms with Gasteiger partial charge in [-0.1, -0.05) is 19.3 Å². The molecule has 3 fully saturated rings. The molecule has 0 aromatic rings. The highest BCUT2D eigenvalue weighted by Crippen LogP contribution is 2.46. The predicted molar refractivity (Wildman–Crippen MR) is 93.2 cm³/mol. The SMILES string of the molecule is [3HH].[3H]PO[C@@H]1C[C@@H]2OC(=O)C[C@@H]2[C@H]1CC[C@@H](OP)C1CCCCC1. The van der Waals surface area contributed by atoms with Gasteiger partial charge in [0, 0.05) is 32.6 Å². The Morgan fingerprint density at radius 1 is 1.41 bits per heavy atom. The van der Waals surface area contributed by atoms with Crippen molar-refractivity contribution in [1.82, 2.24) is 0 Å². The second-order valence-corrected chi connectivity index (χ2v) is 7.61. The van der Waals surface area contributed by atoms with Crippen molar-refractivity contribution in [2.75, 3.05) is 0 Å². The molecular formula is C16H30O4P2. The minimum atomic E-state index is -0.246. The van der Waals surface area contributed by atoms with E-state index in [2.05, 4.69) is 9.47 Å². The Morgan fingerprint density at radius 2 is 2.23 bits per heavy atom. The quantitative estimate of drug-likeness (QED) is 0.515. The van der Waals surface area contributed by atoms with Crippen LogP contribution in [0.3, 0.4) is 0 Å². The number of ether oxygens (including phenoxy) is 1. The van der Waals surface area contributed by atoms with E-state index in [-0.39, 0.29) is 41.0 Å². The normalized spacial score (nSPS) is 38.2. The van der Waals surface area contributed by atoms with Crippen LogP contribution in [0, 0.1) is 17.8 Å². The maximum atomic E-state index is 11.6. The van der Waals surface area contributed by atoms with E-state index < -0.39 is 0 Å². The molecule has 2 unspecified atom stereocenters. The first-order valence-electron chi connectivity index (χ1n) is 9.10. The lowest BCUT2D eigenvalue weighted by atomic mass is 9.81. The molecule has 0 radical (unpaired) electrons. The van der Waals surface area contributed by atoms with E-state index in [0.717, 1.165) is 19.3 Å². The molecule has 0 bridgehead atoms. The molecule has 0 N–H and O–H groups in total. The van der Waals surface area contributed by atoms with E-state index in [1.165, 1.54) is 32.1 Å². The average Bonchev–Trinajstić information content (AvgIpc) is 3.06. The molecule has 2 aliphatic carbocycles. The summed E-state index contributed by atoms with van der Waals surface area (Å²) in [6, 6.07) is 0. The lowest BCUT2D eigenvalue weighted by molar-refractivity contribution is -0.141. The minimum Gasteiger partial charge on any atom is -0.462 e. The molecule has 7 atom stereocenters. The number of fused-ring (bicyclic) bond motifs is 1. The van der Waals surface area contributed by atoms with Crippen molar-refractivity contribution in [2.24, 2.45) is 17.8 Å². The fourth-order valence-corrected chi connectivity index (χ4v) is 5.40. The summed E-state index contributed by atoms with van der Waals surface area (Å²) in [7, 11) is 2.21. The summed E-state index contributed by atoms with van der Waals surface area (Å²) in [4.78, 5) is 11.6. The minimum absolute atomic E-state index is 0. The van der Waals surface area contributed by atoms with Crippen LogP contribution in [0.25, 0.3) is 0 Å². The van der Waals surface area contributed by atoms with E-state index in [0.29, 0.717) is 18.3 Å². The maximum absolute atomic E-state index is 11.6. The van der Waals surface area contributed by atoms with Gasteiger partial charge >= 0.3 is 5.97 Å². The monoisotopic (exact) mass is 352 g/mol. The summed E-state index contributed by atoms with van der Waals surface area (Å²) in [5.41, 5.74) is 0. The third kappa shape index (κ3) is 3.66. The molecule has 0 aromatic carbocycles. The molecule has 0 spiro atoms. The number of hydrogen-bond acceptors (Lipinski definition) is 4. The van der Waals surface area contributed by atoms with Gasteiger partial charge in [0.2, 0.25) is 0 Å². The third-order valence-corrected chi connectivity index (χ3v) is 6.59. The van der Waals surface area contributed by atoms with Crippen LogP contribution in [0.1, 0.15) is 59.2 Å². The Balaban J connectivity index is 0.00000208. The Labute approximate surface area is 140 Å². The van der Waals surface area contributed by atoms with Gasteiger partial charge in [0.1, 0.15) is 6.10 Å². The third-order valence-electron chi connectivity index (χ3n) is 5.94. The smallest absolute Gasteiger partial charge is 0.306 e. The number of carbonyl (C=O) groups excluding carboxylic acids is 1. The average molecular weight is 352 g/mol. The van der Waals surface area contributed by atoms with E-state index in [4.69, 9.17) is 15.1 Å². The van der Waals surface area contributed by atoms with Crippen LogP contribution in [0.5, 0.6) is 0 Å². The van der Waals surface area contributed by atoms with Crippen LogP contribution in [-0.2, 0) is 18.6 Å². The second-order valence-electron chi connectivity index (χ2n) is 7.10. The van der Waals surface area contributed by atoms with E-state index in [1.54, 1.807) is 0 Å². The fraction of sp³-hybridized carbons (Fsp3) is 0.938. The number of esters is 1. The highest BCUT2D eigenvalue weighted by atomic mass is 31.0. The first-order valence-corrected chi connectivity index (χ1v) is 9.48. The van der Waals surface area contributed by atoms with Gasteiger partial charge in [-0.05, 0) is 37.5 Å². The second kappa shape index (κ2) is 7.88. The summed E-state index contributed by atoms with van der Waals surface area (Å²) in [6.07, 6.45) is 10.2. The van der Waals surface area contributed by atoms with Crippen LogP contribution >= 0.6 is 18.9 Å². The standard InChI is InChI=1S/C16H28O4P2.H2/c17-16-8-12-11(15(20-22)9-14(12)18-16)6-7-13(19-21)10-4-2-1-3-5-10;/h10-15H,1-9,21-22H2;1H/t11-,12-,13-,14+,15-;/m1./s1/i22T;1+2/t11-,12-,13-,14+,15-,22?;. The molecular weight excluding hydrogens is 318 g/mol. The maximum Gasteiger partial charge on any atom is 0.306 e. The molecule has 1 heterocycles. The molecule has 1 saturated heterocycles. The Hall–Kier alpha value is 0.250. The van der Waals surface area contributed by atoms with Crippen molar-refractivity contribution in [3.8, 4) is 0 Å². The number of hydrogen-bond donors (Lipinski definition) is 0. The predicted octanol–water partition coefficient (Wildman–Crippen LogP) is 3.90. The van der Waals surface area contributed by atoms with Crippen molar-refractivity contribution in [1.29, 1.82) is 1.28 Å². The Kier molecular flexibility index (Phi) is 5.65. The van der Waals surface area contributed by atoms with Crippen molar-refractivity contribution in [2.45, 2.75) is 76.1 Å². The summed E-state index contributed by atoms with van der Waals surface area (Å²) in [5.74, 6) is 1.20. The van der Waals surface area contributed by atoms with Gasteiger partial charge in [0.25, 0.3) is 0 Å². The van der Waals surface area contributed by atoms with Gasteiger partial charge in [-0.25, -0.2) is 0 Å².